The number of nitrogens with one attached hydrogen (secondary N) is 2. The molecule has 0 spiro atoms. The number of carbonyl (C=O) groups is 3. The summed E-state index contributed by atoms with van der Waals surface area (Å²) < 4.78 is 6.72. The third-order valence-electron chi connectivity index (χ3n) is 4.90. The van der Waals surface area contributed by atoms with E-state index in [1.165, 1.54) is 6.08 Å². The average molecular weight is 494 g/mol. The molecule has 4 amide bonds. The van der Waals surface area contributed by atoms with Crippen LogP contribution in [0.1, 0.15) is 16.9 Å². The smallest absolute Gasteiger partial charge is 0.329 e. The lowest BCUT2D eigenvalue weighted by atomic mass is 10.1. The number of halogens is 1. The maximum atomic E-state index is 12.7. The first-order valence-corrected chi connectivity index (χ1v) is 10.7. The maximum absolute atomic E-state index is 12.7. The Labute approximate surface area is 193 Å². The second-order valence-electron chi connectivity index (χ2n) is 7.48. The van der Waals surface area contributed by atoms with Crippen molar-refractivity contribution >= 4 is 45.5 Å². The summed E-state index contributed by atoms with van der Waals surface area (Å²) in [5.41, 5.74) is 3.68. The van der Waals surface area contributed by atoms with Gasteiger partial charge in [-0.25, -0.2) is 9.69 Å². The van der Waals surface area contributed by atoms with E-state index in [1.807, 2.05) is 44.2 Å². The molecule has 3 aromatic rings. The van der Waals surface area contributed by atoms with Gasteiger partial charge in [-0.3, -0.25) is 9.59 Å². The summed E-state index contributed by atoms with van der Waals surface area (Å²) in [6, 6.07) is 16.0. The highest BCUT2D eigenvalue weighted by Gasteiger charge is 2.35. The number of rotatable bonds is 5. The Kier molecular flexibility index (Phi) is 5.96. The molecule has 4 rings (SSSR count). The number of nitrogens with zero attached hydrogens (tertiary/aromatic N) is 1. The molecule has 0 bridgehead atoms. The van der Waals surface area contributed by atoms with Gasteiger partial charge >= 0.3 is 6.03 Å². The molecule has 0 aliphatic carbocycles. The summed E-state index contributed by atoms with van der Waals surface area (Å²) in [6.45, 7) is 3.54. The summed E-state index contributed by atoms with van der Waals surface area (Å²) in [7, 11) is 0. The highest BCUT2D eigenvalue weighted by atomic mass is 79.9. The Bertz CT molecular complexity index is 1240. The molecular formula is C24H20BrN3O4. The molecule has 162 valence electrons. The van der Waals surface area contributed by atoms with Gasteiger partial charge in [-0.15, -0.1) is 0 Å². The highest BCUT2D eigenvalue weighted by molar-refractivity contribution is 9.10. The second kappa shape index (κ2) is 8.84. The predicted molar refractivity (Wildman–Crippen MR) is 125 cm³/mol. The first-order valence-electron chi connectivity index (χ1n) is 9.87. The third-order valence-corrected chi connectivity index (χ3v) is 5.56. The van der Waals surface area contributed by atoms with Crippen LogP contribution < -0.4 is 10.6 Å². The fourth-order valence-electron chi connectivity index (χ4n) is 3.23. The van der Waals surface area contributed by atoms with Gasteiger partial charge < -0.3 is 15.1 Å². The molecule has 0 saturated carbocycles. The zero-order valence-electron chi connectivity index (χ0n) is 17.4. The molecule has 1 saturated heterocycles. The molecule has 1 aromatic heterocycles. The number of carbonyl (C=O) groups excluding carboxylic acids is 3. The number of hydrogen-bond donors (Lipinski definition) is 2. The molecule has 0 radical (unpaired) electrons. The molecule has 2 N–H and O–H groups in total. The van der Waals surface area contributed by atoms with E-state index in [-0.39, 0.29) is 5.70 Å². The Morgan fingerprint density at radius 3 is 2.50 bits per heavy atom. The van der Waals surface area contributed by atoms with E-state index in [1.54, 1.807) is 24.3 Å². The van der Waals surface area contributed by atoms with Crippen molar-refractivity contribution in [2.75, 3.05) is 11.9 Å². The molecule has 1 aliphatic rings. The number of hydrogen-bond acceptors (Lipinski definition) is 4. The van der Waals surface area contributed by atoms with Crippen LogP contribution in [0.4, 0.5) is 10.5 Å². The van der Waals surface area contributed by atoms with Crippen LogP contribution in [0.25, 0.3) is 17.4 Å². The lowest BCUT2D eigenvalue weighted by molar-refractivity contribution is -0.127. The number of imide groups is 1. The number of urea groups is 1. The fourth-order valence-corrected chi connectivity index (χ4v) is 3.92. The number of amides is 4. The van der Waals surface area contributed by atoms with E-state index < -0.39 is 24.4 Å². The zero-order chi connectivity index (χ0) is 22.8. The number of anilines is 1. The maximum Gasteiger partial charge on any atom is 0.329 e. The minimum absolute atomic E-state index is 0.0435. The molecule has 7 nitrogen and oxygen atoms in total. The summed E-state index contributed by atoms with van der Waals surface area (Å²) >= 11 is 3.53. The molecule has 8 heteroatoms. The summed E-state index contributed by atoms with van der Waals surface area (Å²) in [5.74, 6) is -0.0384. The van der Waals surface area contributed by atoms with Gasteiger partial charge in [0, 0.05) is 21.8 Å². The molecule has 0 atom stereocenters. The van der Waals surface area contributed by atoms with Gasteiger partial charge in [0.1, 0.15) is 23.8 Å². The van der Waals surface area contributed by atoms with Crippen molar-refractivity contribution in [1.82, 2.24) is 10.2 Å². The first-order chi connectivity index (χ1) is 15.3. The van der Waals surface area contributed by atoms with Crippen molar-refractivity contribution in [3.8, 4) is 11.3 Å². The van der Waals surface area contributed by atoms with Crippen molar-refractivity contribution in [2.45, 2.75) is 13.8 Å². The lowest BCUT2D eigenvalue weighted by Crippen LogP contribution is -2.38. The summed E-state index contributed by atoms with van der Waals surface area (Å²) in [4.78, 5) is 38.1. The van der Waals surface area contributed by atoms with Gasteiger partial charge in [0.05, 0.1) is 0 Å². The molecule has 2 aromatic carbocycles. The van der Waals surface area contributed by atoms with Crippen molar-refractivity contribution in [3.63, 3.8) is 0 Å². The lowest BCUT2D eigenvalue weighted by Gasteiger charge is -2.12. The SMILES string of the molecule is Cc1ccc(NC(=O)CN2C(=O)NC(=Cc3ccc(-c4ccc(C)cc4Br)o3)C2=O)cc1. The largest absolute Gasteiger partial charge is 0.457 e. The molecule has 2 heterocycles. The highest BCUT2D eigenvalue weighted by Crippen LogP contribution is 2.31. The average Bonchev–Trinajstić information content (AvgIpc) is 3.30. The van der Waals surface area contributed by atoms with Crippen LogP contribution in [0, 0.1) is 13.8 Å². The van der Waals surface area contributed by atoms with Crippen LogP contribution in [0.2, 0.25) is 0 Å². The quantitative estimate of drug-likeness (QED) is 0.392. The number of aryl methyl sites for hydroxylation is 2. The number of furan rings is 1. The van der Waals surface area contributed by atoms with Crippen molar-refractivity contribution in [2.24, 2.45) is 0 Å². The van der Waals surface area contributed by atoms with Gasteiger partial charge in [-0.05, 0) is 55.8 Å². The van der Waals surface area contributed by atoms with E-state index in [2.05, 4.69) is 26.6 Å². The van der Waals surface area contributed by atoms with Crippen LogP contribution >= 0.6 is 15.9 Å². The van der Waals surface area contributed by atoms with Crippen LogP contribution in [0.15, 0.2) is 69.2 Å². The number of benzene rings is 2. The van der Waals surface area contributed by atoms with Gasteiger partial charge in [0.25, 0.3) is 5.91 Å². The summed E-state index contributed by atoms with van der Waals surface area (Å²) in [6.07, 6.45) is 1.45. The predicted octanol–water partition coefficient (Wildman–Crippen LogP) is 4.86. The van der Waals surface area contributed by atoms with Crippen molar-refractivity contribution < 1.29 is 18.8 Å². The van der Waals surface area contributed by atoms with E-state index in [4.69, 9.17) is 4.42 Å². The molecular weight excluding hydrogens is 474 g/mol. The monoisotopic (exact) mass is 493 g/mol. The zero-order valence-corrected chi connectivity index (χ0v) is 19.0. The van der Waals surface area contributed by atoms with Gasteiger partial charge in [0.15, 0.2) is 0 Å². The van der Waals surface area contributed by atoms with Gasteiger partial charge in [0.2, 0.25) is 5.91 Å². The molecule has 32 heavy (non-hydrogen) atoms. The van der Waals surface area contributed by atoms with Crippen LogP contribution in [0.3, 0.4) is 0 Å². The summed E-state index contributed by atoms with van der Waals surface area (Å²) in [5, 5.41) is 5.17. The minimum atomic E-state index is -0.659. The molecule has 0 unspecified atom stereocenters. The van der Waals surface area contributed by atoms with Gasteiger partial charge in [-0.1, -0.05) is 39.7 Å². The normalized spacial score (nSPS) is 14.7. The fraction of sp³-hybridized carbons (Fsp3) is 0.125. The Morgan fingerprint density at radius 1 is 1.06 bits per heavy atom. The molecule has 1 aliphatic heterocycles. The third kappa shape index (κ3) is 4.65. The van der Waals surface area contributed by atoms with Crippen LogP contribution in [-0.4, -0.2) is 29.3 Å². The van der Waals surface area contributed by atoms with Crippen molar-refractivity contribution in [3.05, 3.63) is 81.7 Å². The first kappa shape index (κ1) is 21.6. The van der Waals surface area contributed by atoms with E-state index in [0.29, 0.717) is 17.2 Å². The topological polar surface area (TPSA) is 91.7 Å². The van der Waals surface area contributed by atoms with Crippen LogP contribution in [-0.2, 0) is 9.59 Å². The molecule has 1 fully saturated rings. The Hall–Kier alpha value is -3.65. The van der Waals surface area contributed by atoms with Gasteiger partial charge in [-0.2, -0.15) is 0 Å². The second-order valence-corrected chi connectivity index (χ2v) is 8.33. The Balaban J connectivity index is 1.46. The minimum Gasteiger partial charge on any atom is -0.457 e. The van der Waals surface area contributed by atoms with E-state index in [9.17, 15) is 14.4 Å². The van der Waals surface area contributed by atoms with Crippen molar-refractivity contribution in [1.29, 1.82) is 0 Å². The van der Waals surface area contributed by atoms with Crippen LogP contribution in [0.5, 0.6) is 0 Å². The Morgan fingerprint density at radius 2 is 1.78 bits per heavy atom. The standard InChI is InChI=1S/C24H20BrN3O4/c1-14-3-6-16(7-4-14)26-22(29)13-28-23(30)20(27-24(28)31)12-17-8-10-21(32-17)18-9-5-15(2)11-19(18)25/h3-12H,13H2,1-2H3,(H,26,29)(H,27,31). The van der Waals surface area contributed by atoms with E-state index >= 15 is 0 Å². The van der Waals surface area contributed by atoms with E-state index in [0.717, 1.165) is 26.1 Å².